The molecule has 0 bridgehead atoms. The molecule has 0 saturated heterocycles. The van der Waals surface area contributed by atoms with Gasteiger partial charge in [0.1, 0.15) is 0 Å². The molecule has 14 heavy (non-hydrogen) atoms. The van der Waals surface area contributed by atoms with E-state index in [1.165, 1.54) is 5.56 Å². The van der Waals surface area contributed by atoms with Gasteiger partial charge in [-0.05, 0) is 25.5 Å². The molecule has 0 unspecified atom stereocenters. The summed E-state index contributed by atoms with van der Waals surface area (Å²) in [6.07, 6.45) is 1.79. The topological polar surface area (TPSA) is 38.4 Å². The lowest BCUT2D eigenvalue weighted by Crippen LogP contribution is -1.97. The fourth-order valence-corrected chi connectivity index (χ4v) is 1.26. The molecule has 0 aliphatic rings. The molecule has 2 heteroatoms. The second-order valence-corrected chi connectivity index (χ2v) is 2.97. The lowest BCUT2D eigenvalue weighted by atomic mass is 10.1. The first-order chi connectivity index (χ1) is 6.65. The van der Waals surface area contributed by atoms with Gasteiger partial charge in [0, 0.05) is 24.5 Å². The quantitative estimate of drug-likeness (QED) is 0.539. The molecule has 2 N–H and O–H groups in total. The summed E-state index contributed by atoms with van der Waals surface area (Å²) in [6.45, 7) is 8.06. The maximum Gasteiger partial charge on any atom is 0.0432 e. The molecule has 1 rings (SSSR count). The molecule has 0 aliphatic carbocycles. The normalized spacial score (nSPS) is 9.79. The fourth-order valence-electron chi connectivity index (χ4n) is 1.26. The number of aryl methyl sites for hydroxylation is 2. The number of nitrogens with zero attached hydrogens (tertiary/aromatic N) is 1. The number of rotatable bonds is 1. The molecule has 0 spiro atoms. The summed E-state index contributed by atoms with van der Waals surface area (Å²) in [6, 6.07) is 4.11. The van der Waals surface area contributed by atoms with Crippen LogP contribution >= 0.6 is 0 Å². The first-order valence-corrected chi connectivity index (χ1v) is 4.94. The molecular formula is C12H20N2. The van der Waals surface area contributed by atoms with E-state index in [0.717, 1.165) is 16.8 Å². The molecular weight excluding hydrogens is 172 g/mol. The van der Waals surface area contributed by atoms with Crippen molar-refractivity contribution in [1.82, 2.24) is 0 Å². The zero-order chi connectivity index (χ0) is 11.1. The van der Waals surface area contributed by atoms with Crippen molar-refractivity contribution in [3.8, 4) is 0 Å². The van der Waals surface area contributed by atoms with Crippen molar-refractivity contribution < 1.29 is 0 Å². The maximum absolute atomic E-state index is 5.85. The first kappa shape index (κ1) is 12.7. The van der Waals surface area contributed by atoms with Crippen molar-refractivity contribution in [3.63, 3.8) is 0 Å². The van der Waals surface area contributed by atoms with E-state index in [-0.39, 0.29) is 0 Å². The van der Waals surface area contributed by atoms with Gasteiger partial charge in [-0.1, -0.05) is 25.5 Å². The summed E-state index contributed by atoms with van der Waals surface area (Å²) >= 11 is 0. The van der Waals surface area contributed by atoms with Gasteiger partial charge in [-0.3, -0.25) is 4.99 Å². The molecule has 0 amide bonds. The molecule has 1 aromatic rings. The van der Waals surface area contributed by atoms with Gasteiger partial charge in [0.25, 0.3) is 0 Å². The molecule has 0 aliphatic heterocycles. The van der Waals surface area contributed by atoms with Crippen LogP contribution in [0.1, 0.15) is 30.5 Å². The summed E-state index contributed by atoms with van der Waals surface area (Å²) in [5.74, 6) is 0. The van der Waals surface area contributed by atoms with Gasteiger partial charge in [0.15, 0.2) is 0 Å². The van der Waals surface area contributed by atoms with Gasteiger partial charge in [-0.25, -0.2) is 0 Å². The Morgan fingerprint density at radius 3 is 2.29 bits per heavy atom. The zero-order valence-corrected chi connectivity index (χ0v) is 9.76. The second kappa shape index (κ2) is 6.19. The van der Waals surface area contributed by atoms with E-state index in [4.69, 9.17) is 5.73 Å². The lowest BCUT2D eigenvalue weighted by molar-refractivity contribution is 1.37. The maximum atomic E-state index is 5.85. The molecule has 0 heterocycles. The molecule has 2 nitrogen and oxygen atoms in total. The number of anilines is 1. The van der Waals surface area contributed by atoms with Gasteiger partial charge in [-0.2, -0.15) is 0 Å². The largest absolute Gasteiger partial charge is 0.398 e. The van der Waals surface area contributed by atoms with E-state index in [0.29, 0.717) is 0 Å². The van der Waals surface area contributed by atoms with Crippen LogP contribution in [0.25, 0.3) is 0 Å². The summed E-state index contributed by atoms with van der Waals surface area (Å²) in [4.78, 5) is 3.94. The standard InChI is InChI=1S/C10H14N2.C2H6/c1-7-4-8(2)10(11)9(5-7)6-12-3;1-2/h4-6H,11H2,1-3H3;1-2H3. The summed E-state index contributed by atoms with van der Waals surface area (Å²) in [7, 11) is 1.75. The van der Waals surface area contributed by atoms with Crippen LogP contribution in [-0.4, -0.2) is 13.3 Å². The van der Waals surface area contributed by atoms with Crippen LogP contribution in [0, 0.1) is 13.8 Å². The van der Waals surface area contributed by atoms with Crippen molar-refractivity contribution in [2.45, 2.75) is 27.7 Å². The average Bonchev–Trinajstić information content (AvgIpc) is 2.17. The van der Waals surface area contributed by atoms with E-state index in [1.807, 2.05) is 26.8 Å². The Morgan fingerprint density at radius 2 is 1.79 bits per heavy atom. The fraction of sp³-hybridized carbons (Fsp3) is 0.417. The minimum absolute atomic E-state index is 0.825. The molecule has 0 saturated carbocycles. The van der Waals surface area contributed by atoms with E-state index < -0.39 is 0 Å². The van der Waals surface area contributed by atoms with Crippen LogP contribution in [0.4, 0.5) is 5.69 Å². The summed E-state index contributed by atoms with van der Waals surface area (Å²) in [5.41, 5.74) is 10.0. The highest BCUT2D eigenvalue weighted by atomic mass is 14.7. The highest BCUT2D eigenvalue weighted by molar-refractivity contribution is 5.88. The Bertz CT molecular complexity index is 314. The van der Waals surface area contributed by atoms with Crippen molar-refractivity contribution in [2.75, 3.05) is 12.8 Å². The van der Waals surface area contributed by atoms with Gasteiger partial charge in [-0.15, -0.1) is 0 Å². The van der Waals surface area contributed by atoms with E-state index in [9.17, 15) is 0 Å². The van der Waals surface area contributed by atoms with Crippen molar-refractivity contribution in [1.29, 1.82) is 0 Å². The van der Waals surface area contributed by atoms with E-state index >= 15 is 0 Å². The van der Waals surface area contributed by atoms with Crippen LogP contribution in [0.15, 0.2) is 17.1 Å². The van der Waals surface area contributed by atoms with Gasteiger partial charge in [0.05, 0.1) is 0 Å². The van der Waals surface area contributed by atoms with Crippen molar-refractivity contribution in [2.24, 2.45) is 4.99 Å². The van der Waals surface area contributed by atoms with Gasteiger partial charge >= 0.3 is 0 Å². The SMILES string of the molecule is CC.CN=Cc1cc(C)cc(C)c1N. The van der Waals surface area contributed by atoms with Crippen molar-refractivity contribution in [3.05, 3.63) is 28.8 Å². The Hall–Kier alpha value is -1.31. The Balaban J connectivity index is 0.000000791. The first-order valence-electron chi connectivity index (χ1n) is 4.94. The lowest BCUT2D eigenvalue weighted by Gasteiger charge is -2.05. The van der Waals surface area contributed by atoms with Gasteiger partial charge in [0.2, 0.25) is 0 Å². The number of nitrogen functional groups attached to an aromatic ring is 1. The van der Waals surface area contributed by atoms with Crippen LogP contribution in [0.3, 0.4) is 0 Å². The molecule has 0 atom stereocenters. The smallest absolute Gasteiger partial charge is 0.0432 e. The molecule has 0 radical (unpaired) electrons. The molecule has 78 valence electrons. The molecule has 1 aromatic carbocycles. The summed E-state index contributed by atoms with van der Waals surface area (Å²) < 4.78 is 0. The van der Waals surface area contributed by atoms with Crippen LogP contribution in [0.5, 0.6) is 0 Å². The van der Waals surface area contributed by atoms with Crippen molar-refractivity contribution >= 4 is 11.9 Å². The monoisotopic (exact) mass is 192 g/mol. The number of nitrogens with two attached hydrogens (primary N) is 1. The predicted octanol–water partition coefficient (Wildman–Crippen LogP) is 2.96. The highest BCUT2D eigenvalue weighted by Crippen LogP contribution is 2.17. The number of benzene rings is 1. The highest BCUT2D eigenvalue weighted by Gasteiger charge is 1.99. The van der Waals surface area contributed by atoms with Gasteiger partial charge < -0.3 is 5.73 Å². The number of hydrogen-bond donors (Lipinski definition) is 1. The molecule has 0 aromatic heterocycles. The molecule has 0 fully saturated rings. The minimum atomic E-state index is 0.825. The Morgan fingerprint density at radius 1 is 1.21 bits per heavy atom. The Kier molecular flexibility index (Phi) is 5.61. The zero-order valence-electron chi connectivity index (χ0n) is 9.76. The van der Waals surface area contributed by atoms with E-state index in [1.54, 1.807) is 13.3 Å². The van der Waals surface area contributed by atoms with Crippen LogP contribution in [-0.2, 0) is 0 Å². The predicted molar refractivity (Wildman–Crippen MR) is 65.2 cm³/mol. The Labute approximate surface area is 86.9 Å². The third kappa shape index (κ3) is 3.21. The number of aliphatic imine (C=N–C) groups is 1. The third-order valence-electron chi connectivity index (χ3n) is 1.83. The van der Waals surface area contributed by atoms with E-state index in [2.05, 4.69) is 18.0 Å². The minimum Gasteiger partial charge on any atom is -0.398 e. The summed E-state index contributed by atoms with van der Waals surface area (Å²) in [5, 5.41) is 0. The van der Waals surface area contributed by atoms with Crippen LogP contribution in [0.2, 0.25) is 0 Å². The number of hydrogen-bond acceptors (Lipinski definition) is 2. The second-order valence-electron chi connectivity index (χ2n) is 2.97. The third-order valence-corrected chi connectivity index (χ3v) is 1.83. The average molecular weight is 192 g/mol. The van der Waals surface area contributed by atoms with Crippen LogP contribution < -0.4 is 5.73 Å².